The van der Waals surface area contributed by atoms with Crippen LogP contribution in [0.15, 0.2) is 53.4 Å². The highest BCUT2D eigenvalue weighted by Gasteiger charge is 2.52. The molecule has 198 valence electrons. The lowest BCUT2D eigenvalue weighted by molar-refractivity contribution is -0.146. The highest BCUT2D eigenvalue weighted by molar-refractivity contribution is 7.93. The van der Waals surface area contributed by atoms with Crippen LogP contribution in [0.5, 0.6) is 11.5 Å². The Morgan fingerprint density at radius 3 is 2.36 bits per heavy atom. The molecule has 1 saturated heterocycles. The van der Waals surface area contributed by atoms with Crippen LogP contribution < -0.4 is 14.8 Å². The maximum absolute atomic E-state index is 13.9. The number of ether oxygens (including phenoxy) is 4. The number of rotatable bonds is 13. The Bertz CT molecular complexity index is 1060. The SMILES string of the molecule is CCCC(Cc1ccc(OCCC2CNCCO2)cc1)(C(=O)OCC)S(=O)(=O)c1ccc(OC)cc1. The van der Waals surface area contributed by atoms with Gasteiger partial charge in [0.2, 0.25) is 0 Å². The lowest BCUT2D eigenvalue weighted by Crippen LogP contribution is -2.49. The number of hydrogen-bond acceptors (Lipinski definition) is 8. The van der Waals surface area contributed by atoms with Crippen LogP contribution in [0.1, 0.15) is 38.7 Å². The molecule has 1 aliphatic heterocycles. The Balaban J connectivity index is 1.82. The minimum atomic E-state index is -4.09. The van der Waals surface area contributed by atoms with Crippen LogP contribution in [0, 0.1) is 0 Å². The van der Waals surface area contributed by atoms with Gasteiger partial charge in [-0.1, -0.05) is 25.5 Å². The van der Waals surface area contributed by atoms with E-state index in [1.165, 1.54) is 19.2 Å². The Morgan fingerprint density at radius 2 is 1.78 bits per heavy atom. The van der Waals surface area contributed by atoms with Crippen molar-refractivity contribution in [3.63, 3.8) is 0 Å². The van der Waals surface area contributed by atoms with Crippen molar-refractivity contribution in [3.8, 4) is 11.5 Å². The highest BCUT2D eigenvalue weighted by Crippen LogP contribution is 2.36. The fraction of sp³-hybridized carbons (Fsp3) is 0.519. The normalized spacial score (nSPS) is 17.7. The molecule has 0 radical (unpaired) electrons. The largest absolute Gasteiger partial charge is 0.497 e. The number of benzene rings is 2. The number of morpholine rings is 1. The topological polar surface area (TPSA) is 100 Å². The van der Waals surface area contributed by atoms with Gasteiger partial charge in [-0.25, -0.2) is 8.42 Å². The predicted octanol–water partition coefficient (Wildman–Crippen LogP) is 3.57. The average molecular weight is 520 g/mol. The molecule has 0 aliphatic carbocycles. The summed E-state index contributed by atoms with van der Waals surface area (Å²) in [5.41, 5.74) is 0.709. The molecule has 2 aromatic carbocycles. The van der Waals surface area contributed by atoms with Crippen molar-refractivity contribution in [1.29, 1.82) is 0 Å². The van der Waals surface area contributed by atoms with E-state index in [1.807, 2.05) is 6.92 Å². The molecule has 0 aromatic heterocycles. The van der Waals surface area contributed by atoms with Crippen molar-refractivity contribution in [2.45, 2.75) is 55.3 Å². The zero-order valence-electron chi connectivity index (χ0n) is 21.3. The predicted molar refractivity (Wildman–Crippen MR) is 137 cm³/mol. The fourth-order valence-corrected chi connectivity index (χ4v) is 6.45. The van der Waals surface area contributed by atoms with E-state index < -0.39 is 20.6 Å². The van der Waals surface area contributed by atoms with Crippen molar-refractivity contribution in [2.75, 3.05) is 40.0 Å². The summed E-state index contributed by atoms with van der Waals surface area (Å²) in [4.78, 5) is 13.4. The third-order valence-electron chi connectivity index (χ3n) is 6.31. The number of esters is 1. The highest BCUT2D eigenvalue weighted by atomic mass is 32.2. The Hall–Kier alpha value is -2.62. The second-order valence-electron chi connectivity index (χ2n) is 8.80. The Morgan fingerprint density at radius 1 is 1.08 bits per heavy atom. The summed E-state index contributed by atoms with van der Waals surface area (Å²) >= 11 is 0. The summed E-state index contributed by atoms with van der Waals surface area (Å²) in [6.07, 6.45) is 1.54. The second-order valence-corrected chi connectivity index (χ2v) is 11.1. The molecule has 0 amide bonds. The summed E-state index contributed by atoms with van der Waals surface area (Å²) < 4.78 is 48.2. The number of nitrogens with one attached hydrogen (secondary N) is 1. The van der Waals surface area contributed by atoms with E-state index in [0.29, 0.717) is 36.7 Å². The molecule has 9 heteroatoms. The number of carbonyl (C=O) groups excluding carboxylic acids is 1. The monoisotopic (exact) mass is 519 g/mol. The summed E-state index contributed by atoms with van der Waals surface area (Å²) in [6, 6.07) is 13.3. The molecule has 0 bridgehead atoms. The van der Waals surface area contributed by atoms with Gasteiger partial charge in [-0.3, -0.25) is 4.79 Å². The van der Waals surface area contributed by atoms with Gasteiger partial charge in [0, 0.05) is 25.9 Å². The lowest BCUT2D eigenvalue weighted by atomic mass is 9.94. The molecule has 0 saturated carbocycles. The van der Waals surface area contributed by atoms with Crippen molar-refractivity contribution in [2.24, 2.45) is 0 Å². The summed E-state index contributed by atoms with van der Waals surface area (Å²) in [5.74, 6) is 0.481. The molecule has 2 atom stereocenters. The third-order valence-corrected chi connectivity index (χ3v) is 8.75. The number of hydrogen-bond donors (Lipinski definition) is 1. The van der Waals surface area contributed by atoms with Crippen LogP contribution in [0.4, 0.5) is 0 Å². The van der Waals surface area contributed by atoms with E-state index in [1.54, 1.807) is 43.3 Å². The first kappa shape index (κ1) is 28.0. The van der Waals surface area contributed by atoms with Crippen LogP contribution >= 0.6 is 0 Å². The van der Waals surface area contributed by atoms with Gasteiger partial charge in [0.1, 0.15) is 11.5 Å². The van der Waals surface area contributed by atoms with Crippen molar-refractivity contribution < 1.29 is 32.2 Å². The first-order chi connectivity index (χ1) is 17.4. The maximum atomic E-state index is 13.9. The van der Waals surface area contributed by atoms with Crippen LogP contribution in [-0.2, 0) is 30.5 Å². The van der Waals surface area contributed by atoms with Gasteiger partial charge >= 0.3 is 5.97 Å². The average Bonchev–Trinajstić information content (AvgIpc) is 2.90. The molecule has 1 aliphatic rings. The number of carbonyl (C=O) groups is 1. The standard InChI is InChI=1S/C27H37NO7S/c1-4-15-27(26(29)33-5-2,36(30,31)25-12-10-22(32-3)11-13-25)19-21-6-8-23(9-7-21)34-17-14-24-20-28-16-18-35-24/h6-13,24,28H,4-5,14-20H2,1-3H3. The maximum Gasteiger partial charge on any atom is 0.328 e. The summed E-state index contributed by atoms with van der Waals surface area (Å²) in [5, 5.41) is 3.30. The number of sulfone groups is 1. The Kier molecular flexibility index (Phi) is 10.2. The van der Waals surface area contributed by atoms with Crippen molar-refractivity contribution >= 4 is 15.8 Å². The minimum absolute atomic E-state index is 0.00407. The van der Waals surface area contributed by atoms with Gasteiger partial charge in [0.25, 0.3) is 0 Å². The molecule has 2 aromatic rings. The van der Waals surface area contributed by atoms with Gasteiger partial charge in [0.05, 0.1) is 37.9 Å². The zero-order valence-corrected chi connectivity index (χ0v) is 22.1. The first-order valence-electron chi connectivity index (χ1n) is 12.5. The van der Waals surface area contributed by atoms with Gasteiger partial charge in [0.15, 0.2) is 14.6 Å². The molecule has 8 nitrogen and oxygen atoms in total. The third kappa shape index (κ3) is 6.57. The molecular formula is C27H37NO7S. The summed E-state index contributed by atoms with van der Waals surface area (Å²) in [6.45, 7) is 6.54. The molecule has 1 heterocycles. The Labute approximate surface area is 214 Å². The van der Waals surface area contributed by atoms with Crippen LogP contribution in [-0.4, -0.2) is 65.3 Å². The van der Waals surface area contributed by atoms with E-state index in [4.69, 9.17) is 18.9 Å². The van der Waals surface area contributed by atoms with Gasteiger partial charge in [-0.2, -0.15) is 0 Å². The van der Waals surface area contributed by atoms with E-state index in [0.717, 1.165) is 19.5 Å². The molecule has 36 heavy (non-hydrogen) atoms. The quantitative estimate of drug-likeness (QED) is 0.401. The molecule has 1 fully saturated rings. The van der Waals surface area contributed by atoms with E-state index in [-0.39, 0.29) is 30.4 Å². The first-order valence-corrected chi connectivity index (χ1v) is 13.9. The smallest absolute Gasteiger partial charge is 0.328 e. The van der Waals surface area contributed by atoms with E-state index >= 15 is 0 Å². The number of methoxy groups -OCH3 is 1. The lowest BCUT2D eigenvalue weighted by Gasteiger charge is -2.31. The van der Waals surface area contributed by atoms with Crippen LogP contribution in [0.3, 0.4) is 0 Å². The molecule has 0 spiro atoms. The van der Waals surface area contributed by atoms with E-state index in [2.05, 4.69) is 5.32 Å². The van der Waals surface area contributed by atoms with Crippen molar-refractivity contribution in [3.05, 3.63) is 54.1 Å². The molecule has 3 rings (SSSR count). The van der Waals surface area contributed by atoms with Crippen molar-refractivity contribution in [1.82, 2.24) is 5.32 Å². The van der Waals surface area contributed by atoms with E-state index in [9.17, 15) is 13.2 Å². The summed E-state index contributed by atoms with van der Waals surface area (Å²) in [7, 11) is -2.58. The van der Waals surface area contributed by atoms with Gasteiger partial charge < -0.3 is 24.3 Å². The van der Waals surface area contributed by atoms with Crippen LogP contribution in [0.25, 0.3) is 0 Å². The molecule has 2 unspecified atom stereocenters. The minimum Gasteiger partial charge on any atom is -0.497 e. The fourth-order valence-electron chi connectivity index (χ4n) is 4.40. The molecule has 1 N–H and O–H groups in total. The second kappa shape index (κ2) is 13.1. The van der Waals surface area contributed by atoms with Gasteiger partial charge in [-0.05, 0) is 55.3 Å². The zero-order chi connectivity index (χ0) is 26.0. The van der Waals surface area contributed by atoms with Gasteiger partial charge in [-0.15, -0.1) is 0 Å². The van der Waals surface area contributed by atoms with Crippen LogP contribution in [0.2, 0.25) is 0 Å². The molecular weight excluding hydrogens is 482 g/mol.